The highest BCUT2D eigenvalue weighted by Gasteiger charge is 2.04. The highest BCUT2D eigenvalue weighted by Crippen LogP contribution is 2.14. The molecule has 0 fully saturated rings. The summed E-state index contributed by atoms with van der Waals surface area (Å²) in [5.74, 6) is 0.657. The van der Waals surface area contributed by atoms with Gasteiger partial charge in [-0.1, -0.05) is 28.1 Å². The maximum atomic E-state index is 10.5. The van der Waals surface area contributed by atoms with E-state index >= 15 is 0 Å². The van der Waals surface area contributed by atoms with E-state index < -0.39 is 4.92 Å². The van der Waals surface area contributed by atoms with Crippen molar-refractivity contribution in [3.8, 4) is 0 Å². The van der Waals surface area contributed by atoms with Gasteiger partial charge in [0.2, 0.25) is 0 Å². The van der Waals surface area contributed by atoms with E-state index in [0.29, 0.717) is 5.82 Å². The number of aryl methyl sites for hydroxylation is 1. The van der Waals surface area contributed by atoms with Crippen molar-refractivity contribution in [2.75, 3.05) is 11.9 Å². The minimum atomic E-state index is -0.454. The molecule has 6 heteroatoms. The minimum absolute atomic E-state index is 0.00434. The number of benzene rings is 1. The number of pyridine rings is 1. The van der Waals surface area contributed by atoms with Crippen LogP contribution in [0.2, 0.25) is 0 Å². The molecule has 1 heterocycles. The van der Waals surface area contributed by atoms with E-state index in [1.54, 1.807) is 6.07 Å². The Morgan fingerprint density at radius 2 is 2.15 bits per heavy atom. The summed E-state index contributed by atoms with van der Waals surface area (Å²) in [4.78, 5) is 14.0. The van der Waals surface area contributed by atoms with Crippen LogP contribution in [0.25, 0.3) is 0 Å². The van der Waals surface area contributed by atoms with Gasteiger partial charge in [0.05, 0.1) is 4.92 Å². The van der Waals surface area contributed by atoms with Gasteiger partial charge in [-0.3, -0.25) is 10.1 Å². The molecule has 0 aliphatic heterocycles. The van der Waals surface area contributed by atoms with Crippen molar-refractivity contribution in [1.29, 1.82) is 0 Å². The predicted octanol–water partition coefficient (Wildman–Crippen LogP) is 3.80. The van der Waals surface area contributed by atoms with Crippen LogP contribution < -0.4 is 5.32 Å². The number of nitrogens with zero attached hydrogens (tertiary/aromatic N) is 2. The molecule has 0 saturated carbocycles. The second-order valence-corrected chi connectivity index (χ2v) is 5.23. The molecule has 0 radical (unpaired) electrons. The summed E-state index contributed by atoms with van der Waals surface area (Å²) in [7, 11) is 0. The lowest BCUT2D eigenvalue weighted by Gasteiger charge is -2.05. The van der Waals surface area contributed by atoms with Crippen molar-refractivity contribution in [3.63, 3.8) is 0 Å². The van der Waals surface area contributed by atoms with Crippen LogP contribution in [0.1, 0.15) is 12.0 Å². The van der Waals surface area contributed by atoms with Gasteiger partial charge in [-0.15, -0.1) is 0 Å². The Bertz CT molecular complexity index is 587. The molecule has 1 aromatic heterocycles. The number of anilines is 1. The van der Waals surface area contributed by atoms with Crippen LogP contribution in [0, 0.1) is 10.1 Å². The molecule has 1 N–H and O–H groups in total. The molecule has 0 aliphatic carbocycles. The minimum Gasteiger partial charge on any atom is -0.370 e. The van der Waals surface area contributed by atoms with E-state index in [1.165, 1.54) is 17.8 Å². The molecule has 2 rings (SSSR count). The summed E-state index contributed by atoms with van der Waals surface area (Å²) in [6, 6.07) is 11.3. The van der Waals surface area contributed by atoms with Gasteiger partial charge in [-0.05, 0) is 36.6 Å². The van der Waals surface area contributed by atoms with E-state index in [4.69, 9.17) is 0 Å². The summed E-state index contributed by atoms with van der Waals surface area (Å²) in [5.41, 5.74) is 1.28. The van der Waals surface area contributed by atoms with Crippen molar-refractivity contribution in [3.05, 3.63) is 62.7 Å². The van der Waals surface area contributed by atoms with Crippen molar-refractivity contribution in [2.45, 2.75) is 12.8 Å². The summed E-state index contributed by atoms with van der Waals surface area (Å²) < 4.78 is 1.08. The SMILES string of the molecule is O=[N+]([O-])c1ccc(NCCCc2cccc(Br)c2)nc1. The molecule has 0 unspecified atom stereocenters. The van der Waals surface area contributed by atoms with Gasteiger partial charge in [0.15, 0.2) is 0 Å². The number of halogens is 1. The van der Waals surface area contributed by atoms with Crippen molar-refractivity contribution < 1.29 is 4.92 Å². The fraction of sp³-hybridized carbons (Fsp3) is 0.214. The predicted molar refractivity (Wildman–Crippen MR) is 81.8 cm³/mol. The molecule has 5 nitrogen and oxygen atoms in total. The van der Waals surface area contributed by atoms with Crippen LogP contribution in [-0.2, 0) is 6.42 Å². The van der Waals surface area contributed by atoms with E-state index in [9.17, 15) is 10.1 Å². The van der Waals surface area contributed by atoms with E-state index in [-0.39, 0.29) is 5.69 Å². The third-order valence-corrected chi connectivity index (χ3v) is 3.29. The van der Waals surface area contributed by atoms with Gasteiger partial charge in [0.25, 0.3) is 5.69 Å². The summed E-state index contributed by atoms with van der Waals surface area (Å²) in [6.07, 6.45) is 3.20. The number of rotatable bonds is 6. The Balaban J connectivity index is 1.77. The van der Waals surface area contributed by atoms with E-state index in [2.05, 4.69) is 38.4 Å². The molecule has 104 valence electrons. The average Bonchev–Trinajstić information content (AvgIpc) is 2.44. The third kappa shape index (κ3) is 4.31. The van der Waals surface area contributed by atoms with Gasteiger partial charge in [-0.2, -0.15) is 0 Å². The van der Waals surface area contributed by atoms with Crippen LogP contribution >= 0.6 is 15.9 Å². The first-order chi connectivity index (χ1) is 9.65. The number of aromatic nitrogens is 1. The topological polar surface area (TPSA) is 68.1 Å². The Morgan fingerprint density at radius 3 is 2.80 bits per heavy atom. The molecule has 0 amide bonds. The first kappa shape index (κ1) is 14.5. The van der Waals surface area contributed by atoms with Crippen LogP contribution in [0.4, 0.5) is 11.5 Å². The fourth-order valence-corrected chi connectivity index (χ4v) is 2.25. The van der Waals surface area contributed by atoms with Crippen molar-refractivity contribution in [1.82, 2.24) is 4.98 Å². The molecule has 2 aromatic rings. The maximum absolute atomic E-state index is 10.5. The Morgan fingerprint density at radius 1 is 1.30 bits per heavy atom. The van der Waals surface area contributed by atoms with Crippen molar-refractivity contribution >= 4 is 27.4 Å². The fourth-order valence-electron chi connectivity index (χ4n) is 1.80. The van der Waals surface area contributed by atoms with Gasteiger partial charge < -0.3 is 5.32 Å². The third-order valence-electron chi connectivity index (χ3n) is 2.80. The van der Waals surface area contributed by atoms with Crippen LogP contribution in [-0.4, -0.2) is 16.5 Å². The summed E-state index contributed by atoms with van der Waals surface area (Å²) in [6.45, 7) is 0.775. The normalized spacial score (nSPS) is 10.2. The van der Waals surface area contributed by atoms with E-state index in [0.717, 1.165) is 23.9 Å². The first-order valence-electron chi connectivity index (χ1n) is 6.24. The first-order valence-corrected chi connectivity index (χ1v) is 7.03. The number of hydrogen-bond acceptors (Lipinski definition) is 4. The molecule has 0 saturated heterocycles. The monoisotopic (exact) mass is 335 g/mol. The Kier molecular flexibility index (Phi) is 5.06. The second-order valence-electron chi connectivity index (χ2n) is 4.32. The molecule has 0 spiro atoms. The Hall–Kier alpha value is -1.95. The summed E-state index contributed by atoms with van der Waals surface area (Å²) >= 11 is 3.45. The molecule has 0 atom stereocenters. The molecular weight excluding hydrogens is 322 g/mol. The standard InChI is InChI=1S/C14H14BrN3O2/c15-12-5-1-3-11(9-12)4-2-8-16-14-7-6-13(10-17-14)18(19)20/h1,3,5-7,9-10H,2,4,8H2,(H,16,17). The second kappa shape index (κ2) is 7.00. The number of nitrogens with one attached hydrogen (secondary N) is 1. The van der Waals surface area contributed by atoms with Crippen molar-refractivity contribution in [2.24, 2.45) is 0 Å². The summed E-state index contributed by atoms with van der Waals surface area (Å²) in [5, 5.41) is 13.6. The van der Waals surface area contributed by atoms with Crippen LogP contribution in [0.15, 0.2) is 47.1 Å². The molecule has 0 bridgehead atoms. The lowest BCUT2D eigenvalue weighted by molar-refractivity contribution is -0.385. The zero-order valence-electron chi connectivity index (χ0n) is 10.8. The molecule has 20 heavy (non-hydrogen) atoms. The lowest BCUT2D eigenvalue weighted by atomic mass is 10.1. The van der Waals surface area contributed by atoms with E-state index in [1.807, 2.05) is 12.1 Å². The number of hydrogen-bond donors (Lipinski definition) is 1. The van der Waals surface area contributed by atoms with Crippen LogP contribution in [0.3, 0.4) is 0 Å². The van der Waals surface area contributed by atoms with Gasteiger partial charge in [0.1, 0.15) is 12.0 Å². The lowest BCUT2D eigenvalue weighted by Crippen LogP contribution is -2.04. The largest absolute Gasteiger partial charge is 0.370 e. The zero-order valence-corrected chi connectivity index (χ0v) is 12.3. The maximum Gasteiger partial charge on any atom is 0.287 e. The highest BCUT2D eigenvalue weighted by molar-refractivity contribution is 9.10. The smallest absolute Gasteiger partial charge is 0.287 e. The molecular formula is C14H14BrN3O2. The van der Waals surface area contributed by atoms with Gasteiger partial charge in [-0.25, -0.2) is 4.98 Å². The quantitative estimate of drug-likeness (QED) is 0.495. The average molecular weight is 336 g/mol. The Labute approximate surface area is 125 Å². The molecule has 0 aliphatic rings. The van der Waals surface area contributed by atoms with Gasteiger partial charge in [0, 0.05) is 17.1 Å². The molecule has 1 aromatic carbocycles. The zero-order chi connectivity index (χ0) is 14.4. The van der Waals surface area contributed by atoms with Crippen LogP contribution in [0.5, 0.6) is 0 Å². The number of nitro groups is 1. The highest BCUT2D eigenvalue weighted by atomic mass is 79.9. The van der Waals surface area contributed by atoms with Gasteiger partial charge >= 0.3 is 0 Å².